The molecule has 0 saturated heterocycles. The minimum absolute atomic E-state index is 0.103. The fourth-order valence-corrected chi connectivity index (χ4v) is 7.74. The van der Waals surface area contributed by atoms with Crippen LogP contribution >= 0.6 is 0 Å². The lowest BCUT2D eigenvalue weighted by molar-refractivity contribution is -0.167. The average Bonchev–Trinajstić information content (AvgIpc) is 3.42. The van der Waals surface area contributed by atoms with Gasteiger partial charge in [-0.05, 0) is 141 Å². The molecule has 0 heterocycles. The summed E-state index contributed by atoms with van der Waals surface area (Å²) in [5.74, 6) is -0.965. The number of unbranched alkanes of at least 4 members (excludes halogenated alkanes) is 16. The summed E-state index contributed by atoms with van der Waals surface area (Å²) in [6.07, 6.45) is 91.1. The maximum Gasteiger partial charge on any atom is 0.306 e. The van der Waals surface area contributed by atoms with E-state index in [0.29, 0.717) is 19.3 Å². The van der Waals surface area contributed by atoms with Crippen LogP contribution in [-0.4, -0.2) is 37.2 Å². The van der Waals surface area contributed by atoms with Crippen molar-refractivity contribution in [2.24, 2.45) is 0 Å². The molecule has 0 aliphatic rings. The molecule has 1 unspecified atom stereocenters. The van der Waals surface area contributed by atoms with Crippen molar-refractivity contribution in [2.75, 3.05) is 13.2 Å². The van der Waals surface area contributed by atoms with E-state index in [0.717, 1.165) is 173 Å². The fraction of sp³-hybridized carbons (Fsp3) is 0.586. The number of carbonyl (C=O) groups excluding carboxylic acids is 3. The summed E-state index contributed by atoms with van der Waals surface area (Å²) in [5, 5.41) is 0. The standard InChI is InChI=1S/C70H110O6/c1-4-7-10-13-16-19-22-24-26-28-29-30-31-32-33-34-35-36-37-38-39-40-41-43-44-46-48-51-54-57-60-63-69(72)75-66-67(65-74-68(71)62-59-56-53-50-21-18-15-12-9-6-3)76-70(73)64-61-58-55-52-49-47-45-42-27-25-23-20-17-14-11-8-5-2/h7-8,10-12,15-17,19-20,24-27,29-30,32-33,35-36,38-39,41,43,46,48,67H,4-6,9,13-14,18,21-23,28,31,34,37,40,42,44-45,47,49-66H2,1-3H3/b10-7-,11-8-,15-12-,19-16-,20-17-,26-24-,27-25-,30-29-,33-32-,36-35-,39-38-,43-41-,48-46-. The van der Waals surface area contributed by atoms with Gasteiger partial charge in [0.2, 0.25) is 0 Å². The Bertz CT molecular complexity index is 1720. The number of esters is 3. The fourth-order valence-electron chi connectivity index (χ4n) is 7.74. The lowest BCUT2D eigenvalue weighted by Crippen LogP contribution is -2.30. The predicted octanol–water partition coefficient (Wildman–Crippen LogP) is 20.9. The highest BCUT2D eigenvalue weighted by Crippen LogP contribution is 2.14. The van der Waals surface area contributed by atoms with E-state index in [1.54, 1.807) is 0 Å². The molecular weight excluding hydrogens is 937 g/mol. The van der Waals surface area contributed by atoms with Crippen LogP contribution in [0.3, 0.4) is 0 Å². The molecule has 0 amide bonds. The largest absolute Gasteiger partial charge is 0.462 e. The van der Waals surface area contributed by atoms with Gasteiger partial charge in [0.25, 0.3) is 0 Å². The van der Waals surface area contributed by atoms with Crippen molar-refractivity contribution in [1.82, 2.24) is 0 Å². The average molecular weight is 1050 g/mol. The van der Waals surface area contributed by atoms with Crippen molar-refractivity contribution >= 4 is 17.9 Å². The van der Waals surface area contributed by atoms with Gasteiger partial charge in [-0.15, -0.1) is 0 Å². The van der Waals surface area contributed by atoms with Crippen LogP contribution in [0.2, 0.25) is 0 Å². The van der Waals surface area contributed by atoms with Crippen LogP contribution in [0.15, 0.2) is 158 Å². The summed E-state index contributed by atoms with van der Waals surface area (Å²) in [4.78, 5) is 38.1. The highest BCUT2D eigenvalue weighted by atomic mass is 16.6. The Kier molecular flexibility index (Phi) is 58.5. The molecule has 0 bridgehead atoms. The smallest absolute Gasteiger partial charge is 0.306 e. The van der Waals surface area contributed by atoms with Gasteiger partial charge in [0.05, 0.1) is 0 Å². The third-order valence-corrected chi connectivity index (χ3v) is 12.2. The third-order valence-electron chi connectivity index (χ3n) is 12.2. The Hall–Kier alpha value is -4.97. The van der Waals surface area contributed by atoms with Gasteiger partial charge >= 0.3 is 17.9 Å². The second kappa shape index (κ2) is 62.6. The molecule has 0 fully saturated rings. The zero-order valence-electron chi connectivity index (χ0n) is 48.7. The molecule has 426 valence electrons. The molecule has 0 saturated carbocycles. The van der Waals surface area contributed by atoms with Gasteiger partial charge in [-0.1, -0.05) is 243 Å². The number of hydrogen-bond acceptors (Lipinski definition) is 6. The minimum atomic E-state index is -0.808. The molecule has 0 spiro atoms. The molecule has 0 aliphatic carbocycles. The first-order valence-electron chi connectivity index (χ1n) is 30.5. The molecule has 76 heavy (non-hydrogen) atoms. The van der Waals surface area contributed by atoms with Crippen LogP contribution in [0.25, 0.3) is 0 Å². The summed E-state index contributed by atoms with van der Waals surface area (Å²) in [7, 11) is 0. The Morgan fingerprint density at radius 3 is 0.829 bits per heavy atom. The molecule has 0 aromatic rings. The van der Waals surface area contributed by atoms with E-state index in [4.69, 9.17) is 14.2 Å². The normalized spacial score (nSPS) is 13.2. The second-order valence-corrected chi connectivity index (χ2v) is 19.5. The molecule has 0 N–H and O–H groups in total. The number of carbonyl (C=O) groups is 3. The summed E-state index contributed by atoms with van der Waals surface area (Å²) in [5.41, 5.74) is 0. The lowest BCUT2D eigenvalue weighted by Gasteiger charge is -2.18. The molecule has 1 atom stereocenters. The van der Waals surface area contributed by atoms with Crippen molar-refractivity contribution in [2.45, 2.75) is 252 Å². The molecule has 0 aromatic heterocycles. The SMILES string of the molecule is CC/C=C\C/C=C\C/C=C\C/C=C\C/C=C\C/C=C\C/C=C\C/C=C\C/C=C\CCCCCC(=O)OCC(COC(=O)CCCCCCC/C=C\CCC)OC(=O)CCCCCCCCC/C=C\C/C=C\C/C=C\CC. The van der Waals surface area contributed by atoms with Crippen molar-refractivity contribution < 1.29 is 28.6 Å². The monoisotopic (exact) mass is 1050 g/mol. The topological polar surface area (TPSA) is 78.9 Å². The van der Waals surface area contributed by atoms with Gasteiger partial charge in [0, 0.05) is 19.3 Å². The zero-order valence-corrected chi connectivity index (χ0v) is 48.7. The molecule has 0 aromatic carbocycles. The second-order valence-electron chi connectivity index (χ2n) is 19.5. The Balaban J connectivity index is 4.36. The van der Waals surface area contributed by atoms with Crippen molar-refractivity contribution in [3.63, 3.8) is 0 Å². The lowest BCUT2D eigenvalue weighted by atomic mass is 10.1. The van der Waals surface area contributed by atoms with Gasteiger partial charge in [-0.25, -0.2) is 0 Å². The summed E-state index contributed by atoms with van der Waals surface area (Å²) in [6, 6.07) is 0. The summed E-state index contributed by atoms with van der Waals surface area (Å²) in [6.45, 7) is 6.30. The zero-order chi connectivity index (χ0) is 55.0. The van der Waals surface area contributed by atoms with E-state index < -0.39 is 6.10 Å². The van der Waals surface area contributed by atoms with Crippen LogP contribution in [0, 0.1) is 0 Å². The van der Waals surface area contributed by atoms with Crippen LogP contribution in [-0.2, 0) is 28.6 Å². The highest BCUT2D eigenvalue weighted by molar-refractivity contribution is 5.71. The Morgan fingerprint density at radius 2 is 0.513 bits per heavy atom. The van der Waals surface area contributed by atoms with Crippen LogP contribution in [0.4, 0.5) is 0 Å². The predicted molar refractivity (Wildman–Crippen MR) is 329 cm³/mol. The van der Waals surface area contributed by atoms with Crippen LogP contribution < -0.4 is 0 Å². The van der Waals surface area contributed by atoms with E-state index in [2.05, 4.69) is 179 Å². The van der Waals surface area contributed by atoms with Gasteiger partial charge in [0.15, 0.2) is 6.10 Å². The van der Waals surface area contributed by atoms with Crippen molar-refractivity contribution in [3.8, 4) is 0 Å². The van der Waals surface area contributed by atoms with Crippen LogP contribution in [0.5, 0.6) is 0 Å². The summed E-state index contributed by atoms with van der Waals surface area (Å²) >= 11 is 0. The maximum absolute atomic E-state index is 12.9. The molecule has 0 rings (SSSR count). The Morgan fingerprint density at radius 1 is 0.276 bits per heavy atom. The number of allylic oxidation sites excluding steroid dienone is 26. The number of hydrogen-bond donors (Lipinski definition) is 0. The summed E-state index contributed by atoms with van der Waals surface area (Å²) < 4.78 is 16.8. The first-order chi connectivity index (χ1) is 37.5. The molecule has 6 nitrogen and oxygen atoms in total. The number of rotatable bonds is 53. The van der Waals surface area contributed by atoms with E-state index in [1.807, 2.05) is 0 Å². The highest BCUT2D eigenvalue weighted by Gasteiger charge is 2.19. The molecule has 0 aliphatic heterocycles. The van der Waals surface area contributed by atoms with Gasteiger partial charge < -0.3 is 14.2 Å². The van der Waals surface area contributed by atoms with Crippen LogP contribution in [0.1, 0.15) is 245 Å². The molecule has 6 heteroatoms. The van der Waals surface area contributed by atoms with E-state index in [9.17, 15) is 14.4 Å². The van der Waals surface area contributed by atoms with Crippen molar-refractivity contribution in [1.29, 1.82) is 0 Å². The first kappa shape index (κ1) is 71.0. The third kappa shape index (κ3) is 59.9. The maximum atomic E-state index is 12.9. The van der Waals surface area contributed by atoms with E-state index in [1.165, 1.54) is 32.1 Å². The van der Waals surface area contributed by atoms with E-state index in [-0.39, 0.29) is 31.1 Å². The number of ether oxygens (including phenoxy) is 3. The molecule has 0 radical (unpaired) electrons. The van der Waals surface area contributed by atoms with Gasteiger partial charge in [-0.3, -0.25) is 14.4 Å². The molecular formula is C70H110O6. The van der Waals surface area contributed by atoms with Gasteiger partial charge in [-0.2, -0.15) is 0 Å². The first-order valence-corrected chi connectivity index (χ1v) is 30.5. The van der Waals surface area contributed by atoms with Crippen molar-refractivity contribution in [3.05, 3.63) is 158 Å². The Labute approximate surface area is 467 Å². The van der Waals surface area contributed by atoms with Gasteiger partial charge in [0.1, 0.15) is 13.2 Å². The van der Waals surface area contributed by atoms with E-state index >= 15 is 0 Å². The quantitative estimate of drug-likeness (QED) is 0.0261. The minimum Gasteiger partial charge on any atom is -0.462 e.